The predicted octanol–water partition coefficient (Wildman–Crippen LogP) is 2.42. The zero-order valence-electron chi connectivity index (χ0n) is 9.96. The van der Waals surface area contributed by atoms with Crippen LogP contribution in [0, 0.1) is 0 Å². The molecule has 0 amide bonds. The molecule has 92 valence electrons. The minimum absolute atomic E-state index is 0.105. The molecule has 1 aromatic heterocycles. The van der Waals surface area contributed by atoms with Gasteiger partial charge in [0.15, 0.2) is 0 Å². The van der Waals surface area contributed by atoms with Gasteiger partial charge in [0.1, 0.15) is 0 Å². The second-order valence-corrected chi connectivity index (χ2v) is 4.93. The standard InChI is InChI=1S/C13H16ClNO2/c1-15-11-7-5-3-2-4-6-9(11)8-10(12(14)16)13(15)17/h8H,2-7H2,1H3. The third-order valence-corrected chi connectivity index (χ3v) is 3.65. The second-order valence-electron chi connectivity index (χ2n) is 4.58. The summed E-state index contributed by atoms with van der Waals surface area (Å²) in [5.41, 5.74) is 2.00. The van der Waals surface area contributed by atoms with E-state index < -0.39 is 5.24 Å². The summed E-state index contributed by atoms with van der Waals surface area (Å²) < 4.78 is 1.59. The van der Waals surface area contributed by atoms with Gasteiger partial charge < -0.3 is 4.57 Å². The smallest absolute Gasteiger partial charge is 0.262 e. The number of rotatable bonds is 1. The van der Waals surface area contributed by atoms with Crippen LogP contribution in [0.25, 0.3) is 0 Å². The van der Waals surface area contributed by atoms with Crippen LogP contribution < -0.4 is 5.56 Å². The fraction of sp³-hybridized carbons (Fsp3) is 0.538. The molecule has 0 radical (unpaired) electrons. The Hall–Kier alpha value is -1.09. The molecule has 0 aliphatic heterocycles. The fourth-order valence-electron chi connectivity index (χ4n) is 2.48. The lowest BCUT2D eigenvalue weighted by atomic mass is 9.96. The van der Waals surface area contributed by atoms with Gasteiger partial charge in [-0.3, -0.25) is 9.59 Å². The molecule has 0 unspecified atom stereocenters. The second kappa shape index (κ2) is 5.05. The largest absolute Gasteiger partial charge is 0.315 e. The Morgan fingerprint density at radius 2 is 1.88 bits per heavy atom. The summed E-state index contributed by atoms with van der Waals surface area (Å²) >= 11 is 5.44. The minimum Gasteiger partial charge on any atom is -0.315 e. The number of aromatic nitrogens is 1. The maximum atomic E-state index is 11.9. The third kappa shape index (κ3) is 2.44. The lowest BCUT2D eigenvalue weighted by molar-refractivity contribution is 0.107. The number of fused-ring (bicyclic) bond motifs is 1. The van der Waals surface area contributed by atoms with Gasteiger partial charge in [-0.05, 0) is 48.9 Å². The highest BCUT2D eigenvalue weighted by Crippen LogP contribution is 2.19. The van der Waals surface area contributed by atoms with Crippen molar-refractivity contribution in [2.75, 3.05) is 0 Å². The first-order valence-electron chi connectivity index (χ1n) is 6.03. The van der Waals surface area contributed by atoms with Gasteiger partial charge in [-0.2, -0.15) is 0 Å². The summed E-state index contributed by atoms with van der Waals surface area (Å²) in [5, 5.41) is -0.657. The van der Waals surface area contributed by atoms with Gasteiger partial charge in [-0.15, -0.1) is 0 Å². The number of pyridine rings is 1. The third-order valence-electron chi connectivity index (χ3n) is 3.45. The molecule has 2 rings (SSSR count). The molecule has 1 aromatic rings. The van der Waals surface area contributed by atoms with E-state index in [0.29, 0.717) is 0 Å². The Bertz CT molecular complexity index is 505. The van der Waals surface area contributed by atoms with Crippen LogP contribution in [0.5, 0.6) is 0 Å². The van der Waals surface area contributed by atoms with Crippen molar-refractivity contribution in [1.82, 2.24) is 4.57 Å². The maximum Gasteiger partial charge on any atom is 0.262 e. The molecule has 1 aliphatic carbocycles. The topological polar surface area (TPSA) is 39.1 Å². The number of carbonyl (C=O) groups excluding carboxylic acids is 1. The first-order chi connectivity index (χ1) is 8.11. The average Bonchev–Trinajstić information content (AvgIpc) is 2.24. The van der Waals surface area contributed by atoms with Gasteiger partial charge in [0.05, 0.1) is 5.56 Å². The summed E-state index contributed by atoms with van der Waals surface area (Å²) in [7, 11) is 1.73. The van der Waals surface area contributed by atoms with Crippen LogP contribution in [-0.2, 0) is 19.9 Å². The molecular weight excluding hydrogens is 238 g/mol. The Morgan fingerprint density at radius 3 is 2.53 bits per heavy atom. The van der Waals surface area contributed by atoms with Crippen molar-refractivity contribution in [2.45, 2.75) is 38.5 Å². The number of carbonyl (C=O) groups is 1. The van der Waals surface area contributed by atoms with Crippen LogP contribution in [0.2, 0.25) is 0 Å². The lowest BCUT2D eigenvalue weighted by Gasteiger charge is -2.17. The molecule has 0 fully saturated rings. The molecule has 0 bridgehead atoms. The molecule has 3 nitrogen and oxygen atoms in total. The summed E-state index contributed by atoms with van der Waals surface area (Å²) in [6.45, 7) is 0. The van der Waals surface area contributed by atoms with E-state index in [9.17, 15) is 9.59 Å². The molecule has 0 saturated heterocycles. The quantitative estimate of drug-likeness (QED) is 0.721. The Labute approximate surface area is 105 Å². The monoisotopic (exact) mass is 253 g/mol. The van der Waals surface area contributed by atoms with Crippen molar-refractivity contribution < 1.29 is 4.79 Å². The Morgan fingerprint density at radius 1 is 1.24 bits per heavy atom. The normalized spacial score (nSPS) is 15.9. The predicted molar refractivity (Wildman–Crippen MR) is 67.7 cm³/mol. The van der Waals surface area contributed by atoms with E-state index in [1.165, 1.54) is 12.8 Å². The highest BCUT2D eigenvalue weighted by molar-refractivity contribution is 6.67. The van der Waals surface area contributed by atoms with Gasteiger partial charge in [0, 0.05) is 12.7 Å². The molecule has 1 heterocycles. The molecule has 0 atom stereocenters. The SMILES string of the molecule is Cn1c2c(cc(C(=O)Cl)c1=O)CCCCCC2. The number of hydrogen-bond donors (Lipinski definition) is 0. The van der Waals surface area contributed by atoms with Gasteiger partial charge in [-0.25, -0.2) is 0 Å². The number of hydrogen-bond acceptors (Lipinski definition) is 2. The van der Waals surface area contributed by atoms with E-state index in [4.69, 9.17) is 11.6 Å². The molecule has 17 heavy (non-hydrogen) atoms. The average molecular weight is 254 g/mol. The van der Waals surface area contributed by atoms with Crippen molar-refractivity contribution in [3.8, 4) is 0 Å². The molecular formula is C13H16ClNO2. The fourth-order valence-corrected chi connectivity index (χ4v) is 2.62. The summed E-state index contributed by atoms with van der Waals surface area (Å²) in [6, 6.07) is 1.69. The van der Waals surface area contributed by atoms with Crippen molar-refractivity contribution in [3.05, 3.63) is 33.2 Å². The van der Waals surface area contributed by atoms with Crippen LogP contribution in [-0.4, -0.2) is 9.81 Å². The molecule has 0 saturated carbocycles. The van der Waals surface area contributed by atoms with Crippen LogP contribution in [0.15, 0.2) is 10.9 Å². The van der Waals surface area contributed by atoms with Gasteiger partial charge >= 0.3 is 0 Å². The van der Waals surface area contributed by atoms with Crippen molar-refractivity contribution in [3.63, 3.8) is 0 Å². The van der Waals surface area contributed by atoms with Crippen molar-refractivity contribution in [1.29, 1.82) is 0 Å². The zero-order valence-corrected chi connectivity index (χ0v) is 10.7. The van der Waals surface area contributed by atoms with Gasteiger partial charge in [-0.1, -0.05) is 12.8 Å². The van der Waals surface area contributed by atoms with Crippen molar-refractivity contribution >= 4 is 16.8 Å². The van der Waals surface area contributed by atoms with Gasteiger partial charge in [0.25, 0.3) is 10.8 Å². The minimum atomic E-state index is -0.657. The summed E-state index contributed by atoms with van der Waals surface area (Å²) in [5.74, 6) is 0. The van der Waals surface area contributed by atoms with E-state index in [1.807, 2.05) is 0 Å². The van der Waals surface area contributed by atoms with Crippen LogP contribution in [0.1, 0.15) is 47.3 Å². The molecule has 0 aromatic carbocycles. The van der Waals surface area contributed by atoms with E-state index in [-0.39, 0.29) is 11.1 Å². The first kappa shape index (κ1) is 12.4. The summed E-state index contributed by atoms with van der Waals surface area (Å²) in [6.07, 6.45) is 6.49. The number of nitrogens with zero attached hydrogens (tertiary/aromatic N) is 1. The Balaban J connectivity index is 2.58. The van der Waals surface area contributed by atoms with Crippen LogP contribution in [0.4, 0.5) is 0 Å². The maximum absolute atomic E-state index is 11.9. The molecule has 0 spiro atoms. The van der Waals surface area contributed by atoms with E-state index in [2.05, 4.69) is 0 Å². The van der Waals surface area contributed by atoms with Crippen molar-refractivity contribution in [2.24, 2.45) is 7.05 Å². The first-order valence-corrected chi connectivity index (χ1v) is 6.40. The zero-order chi connectivity index (χ0) is 12.4. The van der Waals surface area contributed by atoms with E-state index in [0.717, 1.165) is 36.9 Å². The highest BCUT2D eigenvalue weighted by atomic mass is 35.5. The van der Waals surface area contributed by atoms with Crippen LogP contribution >= 0.6 is 11.6 Å². The Kier molecular flexibility index (Phi) is 3.67. The van der Waals surface area contributed by atoms with Gasteiger partial charge in [0.2, 0.25) is 0 Å². The van der Waals surface area contributed by atoms with E-state index >= 15 is 0 Å². The van der Waals surface area contributed by atoms with Crippen LogP contribution in [0.3, 0.4) is 0 Å². The molecule has 0 N–H and O–H groups in total. The lowest BCUT2D eigenvalue weighted by Crippen LogP contribution is -2.27. The summed E-state index contributed by atoms with van der Waals surface area (Å²) in [4.78, 5) is 23.1. The number of aryl methyl sites for hydroxylation is 1. The number of halogens is 1. The highest BCUT2D eigenvalue weighted by Gasteiger charge is 2.16. The van der Waals surface area contributed by atoms with E-state index in [1.54, 1.807) is 17.7 Å². The molecule has 4 heteroatoms. The molecule has 1 aliphatic rings.